The van der Waals surface area contributed by atoms with Crippen molar-refractivity contribution in [1.29, 1.82) is 0 Å². The smallest absolute Gasteiger partial charge is 0.153 e. The van der Waals surface area contributed by atoms with Gasteiger partial charge in [0.05, 0.1) is 11.3 Å². The maximum Gasteiger partial charge on any atom is 0.153 e. The van der Waals surface area contributed by atoms with Crippen LogP contribution in [0.1, 0.15) is 0 Å². The molecule has 0 aliphatic carbocycles. The standard InChI is InChI=1S/C15H11BrIN3/c16-12-7-2-1-6-11(12)13-14(19-20-15(13)18)9-4-3-5-10(17)8-9/h1-8H,(H3,18,19,20). The Labute approximate surface area is 138 Å². The number of nitrogens with one attached hydrogen (secondary N) is 1. The molecule has 0 fully saturated rings. The first-order valence-electron chi connectivity index (χ1n) is 6.01. The van der Waals surface area contributed by atoms with Gasteiger partial charge < -0.3 is 5.73 Å². The Morgan fingerprint density at radius 3 is 2.65 bits per heavy atom. The van der Waals surface area contributed by atoms with Crippen LogP contribution in [0.25, 0.3) is 22.4 Å². The van der Waals surface area contributed by atoms with E-state index in [-0.39, 0.29) is 0 Å². The summed E-state index contributed by atoms with van der Waals surface area (Å²) in [6, 6.07) is 16.2. The highest BCUT2D eigenvalue weighted by atomic mass is 127. The van der Waals surface area contributed by atoms with Gasteiger partial charge in [-0.1, -0.05) is 46.3 Å². The molecule has 0 unspecified atom stereocenters. The molecule has 0 bridgehead atoms. The quantitative estimate of drug-likeness (QED) is 0.569. The van der Waals surface area contributed by atoms with Crippen molar-refractivity contribution in [2.75, 3.05) is 5.73 Å². The molecule has 0 aliphatic rings. The Morgan fingerprint density at radius 2 is 1.90 bits per heavy atom. The van der Waals surface area contributed by atoms with Gasteiger partial charge in [0.2, 0.25) is 0 Å². The zero-order valence-electron chi connectivity index (χ0n) is 10.4. The zero-order chi connectivity index (χ0) is 14.1. The van der Waals surface area contributed by atoms with Crippen LogP contribution in [0.5, 0.6) is 0 Å². The van der Waals surface area contributed by atoms with Crippen LogP contribution >= 0.6 is 38.5 Å². The normalized spacial score (nSPS) is 10.7. The van der Waals surface area contributed by atoms with Crippen molar-refractivity contribution in [3.05, 3.63) is 56.6 Å². The van der Waals surface area contributed by atoms with Crippen molar-refractivity contribution < 1.29 is 0 Å². The molecule has 0 aliphatic heterocycles. The van der Waals surface area contributed by atoms with E-state index < -0.39 is 0 Å². The molecule has 1 heterocycles. The van der Waals surface area contributed by atoms with Gasteiger partial charge in [-0.15, -0.1) is 0 Å². The summed E-state index contributed by atoms with van der Waals surface area (Å²) in [7, 11) is 0. The summed E-state index contributed by atoms with van der Waals surface area (Å²) < 4.78 is 2.17. The first kappa shape index (κ1) is 13.6. The predicted molar refractivity (Wildman–Crippen MR) is 94.3 cm³/mol. The van der Waals surface area contributed by atoms with Crippen LogP contribution < -0.4 is 5.73 Å². The van der Waals surface area contributed by atoms with Crippen molar-refractivity contribution in [3.63, 3.8) is 0 Å². The summed E-state index contributed by atoms with van der Waals surface area (Å²) in [4.78, 5) is 0. The largest absolute Gasteiger partial charge is 0.382 e. The third-order valence-electron chi connectivity index (χ3n) is 3.05. The summed E-state index contributed by atoms with van der Waals surface area (Å²) in [5, 5.41) is 7.21. The molecule has 3 nitrogen and oxygen atoms in total. The van der Waals surface area contributed by atoms with E-state index in [0.29, 0.717) is 5.82 Å². The molecule has 5 heteroatoms. The van der Waals surface area contributed by atoms with E-state index >= 15 is 0 Å². The van der Waals surface area contributed by atoms with Gasteiger partial charge in [0.25, 0.3) is 0 Å². The first-order valence-corrected chi connectivity index (χ1v) is 7.88. The van der Waals surface area contributed by atoms with Gasteiger partial charge >= 0.3 is 0 Å². The second kappa shape index (κ2) is 5.57. The van der Waals surface area contributed by atoms with E-state index in [1.165, 1.54) is 3.57 Å². The summed E-state index contributed by atoms with van der Waals surface area (Å²) in [5.74, 6) is 0.505. The van der Waals surface area contributed by atoms with Crippen molar-refractivity contribution in [2.45, 2.75) is 0 Å². The third kappa shape index (κ3) is 2.47. The number of halogens is 2. The Kier molecular flexibility index (Phi) is 3.80. The highest BCUT2D eigenvalue weighted by Crippen LogP contribution is 2.38. The number of anilines is 1. The van der Waals surface area contributed by atoms with Crippen molar-refractivity contribution >= 4 is 44.3 Å². The van der Waals surface area contributed by atoms with E-state index in [2.05, 4.69) is 66.9 Å². The molecular formula is C15H11BrIN3. The molecule has 2 aromatic carbocycles. The molecule has 100 valence electrons. The Balaban J connectivity index is 2.23. The Bertz CT molecular complexity index is 767. The van der Waals surface area contributed by atoms with Crippen LogP contribution in [-0.2, 0) is 0 Å². The van der Waals surface area contributed by atoms with Gasteiger partial charge in [0.1, 0.15) is 0 Å². The molecule has 0 amide bonds. The molecule has 0 saturated heterocycles. The van der Waals surface area contributed by atoms with Gasteiger partial charge in [-0.3, -0.25) is 5.10 Å². The lowest BCUT2D eigenvalue weighted by Gasteiger charge is -2.07. The fourth-order valence-corrected chi connectivity index (χ4v) is 3.17. The maximum absolute atomic E-state index is 6.05. The molecule has 3 rings (SSSR count). The maximum atomic E-state index is 6.05. The highest BCUT2D eigenvalue weighted by molar-refractivity contribution is 14.1. The molecule has 20 heavy (non-hydrogen) atoms. The van der Waals surface area contributed by atoms with Crippen molar-refractivity contribution in [3.8, 4) is 22.4 Å². The first-order chi connectivity index (χ1) is 9.66. The number of nitrogens with two attached hydrogens (primary N) is 1. The molecule has 3 N–H and O–H groups in total. The molecule has 3 aromatic rings. The number of H-pyrrole nitrogens is 1. The molecule has 0 spiro atoms. The summed E-state index contributed by atoms with van der Waals surface area (Å²) in [6.45, 7) is 0. The SMILES string of the molecule is Nc1n[nH]c(-c2cccc(I)c2)c1-c1ccccc1Br. The second-order valence-corrected chi connectivity index (χ2v) is 6.45. The van der Waals surface area contributed by atoms with Gasteiger partial charge in [0.15, 0.2) is 5.82 Å². The monoisotopic (exact) mass is 439 g/mol. The minimum absolute atomic E-state index is 0.505. The summed E-state index contributed by atoms with van der Waals surface area (Å²) >= 11 is 5.87. The van der Waals surface area contributed by atoms with Crippen LogP contribution in [0, 0.1) is 3.57 Å². The number of benzene rings is 2. The number of hydrogen-bond acceptors (Lipinski definition) is 2. The van der Waals surface area contributed by atoms with Crippen LogP contribution in [-0.4, -0.2) is 10.2 Å². The van der Waals surface area contributed by atoms with Gasteiger partial charge in [0, 0.05) is 19.2 Å². The van der Waals surface area contributed by atoms with E-state index in [9.17, 15) is 0 Å². The number of hydrogen-bond donors (Lipinski definition) is 2. The molecule has 1 aromatic heterocycles. The fraction of sp³-hybridized carbons (Fsp3) is 0. The van der Waals surface area contributed by atoms with Gasteiger partial charge in [-0.2, -0.15) is 5.10 Å². The lowest BCUT2D eigenvalue weighted by molar-refractivity contribution is 1.10. The minimum atomic E-state index is 0.505. The molecule has 0 saturated carbocycles. The summed E-state index contributed by atoms with van der Waals surface area (Å²) in [5.41, 5.74) is 10.0. The minimum Gasteiger partial charge on any atom is -0.382 e. The van der Waals surface area contributed by atoms with Crippen LogP contribution in [0.2, 0.25) is 0 Å². The number of aromatic amines is 1. The highest BCUT2D eigenvalue weighted by Gasteiger charge is 2.16. The number of nitrogen functional groups attached to an aromatic ring is 1. The Morgan fingerprint density at radius 1 is 1.10 bits per heavy atom. The Hall–Kier alpha value is -1.34. The third-order valence-corrected chi connectivity index (χ3v) is 4.41. The van der Waals surface area contributed by atoms with Gasteiger partial charge in [-0.25, -0.2) is 0 Å². The van der Waals surface area contributed by atoms with E-state index in [1.54, 1.807) is 0 Å². The van der Waals surface area contributed by atoms with Crippen LogP contribution in [0.15, 0.2) is 53.0 Å². The number of nitrogens with zero attached hydrogens (tertiary/aromatic N) is 1. The van der Waals surface area contributed by atoms with Crippen molar-refractivity contribution in [2.24, 2.45) is 0 Å². The number of rotatable bonds is 2. The van der Waals surface area contributed by atoms with Crippen LogP contribution in [0.4, 0.5) is 5.82 Å². The predicted octanol–water partition coefficient (Wildman–Crippen LogP) is 4.69. The van der Waals surface area contributed by atoms with Crippen LogP contribution in [0.3, 0.4) is 0 Å². The number of aromatic nitrogens is 2. The van der Waals surface area contributed by atoms with Gasteiger partial charge in [-0.05, 0) is 40.8 Å². The van der Waals surface area contributed by atoms with E-state index in [4.69, 9.17) is 5.73 Å². The van der Waals surface area contributed by atoms with E-state index in [1.807, 2.05) is 30.3 Å². The zero-order valence-corrected chi connectivity index (χ0v) is 14.1. The average molecular weight is 440 g/mol. The summed E-state index contributed by atoms with van der Waals surface area (Å²) in [6.07, 6.45) is 0. The molecule has 0 atom stereocenters. The average Bonchev–Trinajstić information content (AvgIpc) is 2.81. The lowest BCUT2D eigenvalue weighted by Crippen LogP contribution is -1.89. The van der Waals surface area contributed by atoms with E-state index in [0.717, 1.165) is 26.9 Å². The topological polar surface area (TPSA) is 54.7 Å². The molecular weight excluding hydrogens is 429 g/mol. The lowest BCUT2D eigenvalue weighted by atomic mass is 10.0. The second-order valence-electron chi connectivity index (χ2n) is 4.35. The fourth-order valence-electron chi connectivity index (χ4n) is 2.15. The van der Waals surface area contributed by atoms with Crippen molar-refractivity contribution in [1.82, 2.24) is 10.2 Å². The molecule has 0 radical (unpaired) electrons.